The van der Waals surface area contributed by atoms with E-state index in [0.717, 1.165) is 0 Å². The lowest BCUT2D eigenvalue weighted by Crippen LogP contribution is -2.62. The number of hydrogen-bond donors (Lipinski definition) is 3. The average Bonchev–Trinajstić information content (AvgIpc) is 3.30. The van der Waals surface area contributed by atoms with E-state index >= 15 is 0 Å². The first-order valence-corrected chi connectivity index (χ1v) is 9.69. The second kappa shape index (κ2) is 8.51. The first-order valence-electron chi connectivity index (χ1n) is 8.94. The molecule has 1 fully saturated rings. The molecule has 3 rings (SSSR count). The molecule has 1 aliphatic heterocycles. The highest BCUT2D eigenvalue weighted by Gasteiger charge is 2.48. The fourth-order valence-electron chi connectivity index (χ4n) is 3.52. The summed E-state index contributed by atoms with van der Waals surface area (Å²) >= 11 is 12.0. The number of amides is 2. The molecule has 0 aromatic heterocycles. The lowest BCUT2D eigenvalue weighted by atomic mass is 9.94. The van der Waals surface area contributed by atoms with Crippen LogP contribution in [0, 0.1) is 5.92 Å². The van der Waals surface area contributed by atoms with Gasteiger partial charge in [0.05, 0.1) is 13.0 Å². The number of rotatable bonds is 5. The maximum absolute atomic E-state index is 13.0. The van der Waals surface area contributed by atoms with Gasteiger partial charge in [0.1, 0.15) is 0 Å². The number of carbonyl (C=O) groups excluding carboxylic acids is 3. The van der Waals surface area contributed by atoms with Gasteiger partial charge in [0.25, 0.3) is 11.8 Å². The lowest BCUT2D eigenvalue weighted by molar-refractivity contribution is -0.144. The molecule has 150 valence electrons. The van der Waals surface area contributed by atoms with Crippen molar-refractivity contribution >= 4 is 46.7 Å². The van der Waals surface area contributed by atoms with Gasteiger partial charge in [0.15, 0.2) is 5.54 Å². The molecular formula is C19H21Cl2N3O4. The molecule has 0 saturated carbocycles. The molecule has 2 aliphatic rings. The minimum Gasteiger partial charge on any atom is -0.469 e. The van der Waals surface area contributed by atoms with Crippen LogP contribution in [0.1, 0.15) is 19.3 Å². The Morgan fingerprint density at radius 2 is 1.86 bits per heavy atom. The second-order valence-corrected chi connectivity index (χ2v) is 7.75. The third-order valence-electron chi connectivity index (χ3n) is 4.96. The first-order chi connectivity index (χ1) is 13.3. The van der Waals surface area contributed by atoms with Gasteiger partial charge in [0.2, 0.25) is 0 Å². The third-order valence-corrected chi connectivity index (χ3v) is 5.39. The van der Waals surface area contributed by atoms with E-state index < -0.39 is 23.3 Å². The monoisotopic (exact) mass is 425 g/mol. The summed E-state index contributed by atoms with van der Waals surface area (Å²) in [5.41, 5.74) is -0.985. The highest BCUT2D eigenvalue weighted by molar-refractivity contribution is 6.35. The molecule has 1 aromatic carbocycles. The van der Waals surface area contributed by atoms with Crippen LogP contribution in [-0.2, 0) is 19.1 Å². The van der Waals surface area contributed by atoms with Crippen molar-refractivity contribution in [3.8, 4) is 0 Å². The molecule has 0 spiro atoms. The first kappa shape index (κ1) is 20.6. The van der Waals surface area contributed by atoms with Crippen LogP contribution in [0.4, 0.5) is 5.69 Å². The molecule has 9 heteroatoms. The molecule has 0 radical (unpaired) electrons. The number of hydrogen-bond acceptors (Lipinski definition) is 5. The fourth-order valence-corrected chi connectivity index (χ4v) is 4.05. The Hall–Kier alpha value is -2.09. The molecular weight excluding hydrogens is 405 g/mol. The van der Waals surface area contributed by atoms with Crippen molar-refractivity contribution < 1.29 is 19.1 Å². The van der Waals surface area contributed by atoms with Gasteiger partial charge in [-0.15, -0.1) is 0 Å². The van der Waals surface area contributed by atoms with E-state index in [-0.39, 0.29) is 12.0 Å². The van der Waals surface area contributed by atoms with E-state index in [1.165, 1.54) is 7.11 Å². The van der Waals surface area contributed by atoms with Gasteiger partial charge in [0, 0.05) is 21.8 Å². The summed E-state index contributed by atoms with van der Waals surface area (Å²) < 4.78 is 4.73. The second-order valence-electron chi connectivity index (χ2n) is 6.88. The Balaban J connectivity index is 1.71. The van der Waals surface area contributed by atoms with Crippen LogP contribution < -0.4 is 16.0 Å². The summed E-state index contributed by atoms with van der Waals surface area (Å²) in [7, 11) is 1.33. The molecule has 1 heterocycles. The van der Waals surface area contributed by atoms with Crippen LogP contribution in [0.3, 0.4) is 0 Å². The molecule has 7 nitrogen and oxygen atoms in total. The molecule has 0 bridgehead atoms. The van der Waals surface area contributed by atoms with Crippen LogP contribution in [0.15, 0.2) is 30.4 Å². The van der Waals surface area contributed by atoms with E-state index in [1.54, 1.807) is 30.4 Å². The average molecular weight is 426 g/mol. The number of methoxy groups -OCH3 is 1. The maximum Gasteiger partial charge on any atom is 0.312 e. The van der Waals surface area contributed by atoms with Crippen molar-refractivity contribution in [2.24, 2.45) is 5.92 Å². The van der Waals surface area contributed by atoms with Crippen molar-refractivity contribution in [3.05, 3.63) is 40.4 Å². The zero-order chi connectivity index (χ0) is 20.3. The Morgan fingerprint density at radius 3 is 2.46 bits per heavy atom. The van der Waals surface area contributed by atoms with Gasteiger partial charge in [-0.3, -0.25) is 19.7 Å². The lowest BCUT2D eigenvalue weighted by Gasteiger charge is -2.28. The third kappa shape index (κ3) is 4.32. The Morgan fingerprint density at radius 1 is 1.14 bits per heavy atom. The molecule has 28 heavy (non-hydrogen) atoms. The van der Waals surface area contributed by atoms with E-state index in [0.29, 0.717) is 41.5 Å². The van der Waals surface area contributed by atoms with Crippen molar-refractivity contribution in [2.75, 3.05) is 19.0 Å². The minimum absolute atomic E-state index is 0.343. The van der Waals surface area contributed by atoms with E-state index in [2.05, 4.69) is 16.0 Å². The predicted octanol–water partition coefficient (Wildman–Crippen LogP) is 2.29. The standard InChI is InChI=1S/C19H21Cl2N3O4/c1-28-16(25)11-3-4-14(7-11)23-17(26)19(5-2-6-22-19)18(27)24-15-9-12(20)8-13(21)10-15/h3-4,8-11,14,22H,2,5-7H2,1H3,(H,23,26)(H,24,27)/t11-,14+,19?/m1/s1. The quantitative estimate of drug-likeness (QED) is 0.382. The smallest absolute Gasteiger partial charge is 0.312 e. The maximum atomic E-state index is 13.0. The van der Waals surface area contributed by atoms with Crippen LogP contribution >= 0.6 is 23.2 Å². The van der Waals surface area contributed by atoms with Crippen LogP contribution in [-0.4, -0.2) is 43.0 Å². The molecule has 2 amide bonds. The number of carbonyl (C=O) groups is 3. The zero-order valence-electron chi connectivity index (χ0n) is 15.3. The van der Waals surface area contributed by atoms with Gasteiger partial charge in [-0.1, -0.05) is 35.4 Å². The summed E-state index contributed by atoms with van der Waals surface area (Å²) in [5.74, 6) is -1.66. The minimum atomic E-state index is -1.40. The van der Waals surface area contributed by atoms with Gasteiger partial charge >= 0.3 is 5.97 Å². The van der Waals surface area contributed by atoms with Gasteiger partial charge < -0.3 is 15.4 Å². The Labute approximate surface area is 172 Å². The normalized spacial score (nSPS) is 26.1. The van der Waals surface area contributed by atoms with E-state index in [1.807, 2.05) is 0 Å². The summed E-state index contributed by atoms with van der Waals surface area (Å²) in [5, 5.41) is 9.37. The molecule has 1 aromatic rings. The summed E-state index contributed by atoms with van der Waals surface area (Å²) in [6.45, 7) is 0.544. The fraction of sp³-hybridized carbons (Fsp3) is 0.421. The molecule has 1 aliphatic carbocycles. The number of halogens is 2. The topological polar surface area (TPSA) is 96.5 Å². The molecule has 1 saturated heterocycles. The summed E-state index contributed by atoms with van der Waals surface area (Å²) in [6, 6.07) is 4.34. The highest BCUT2D eigenvalue weighted by atomic mass is 35.5. The molecule has 3 N–H and O–H groups in total. The van der Waals surface area contributed by atoms with Crippen LogP contribution in [0.5, 0.6) is 0 Å². The predicted molar refractivity (Wildman–Crippen MR) is 106 cm³/mol. The molecule has 3 atom stereocenters. The number of anilines is 1. The number of ether oxygens (including phenoxy) is 1. The van der Waals surface area contributed by atoms with Crippen molar-refractivity contribution in [2.45, 2.75) is 30.8 Å². The number of nitrogens with one attached hydrogen (secondary N) is 3. The van der Waals surface area contributed by atoms with Crippen molar-refractivity contribution in [1.82, 2.24) is 10.6 Å². The Kier molecular flexibility index (Phi) is 6.27. The highest BCUT2D eigenvalue weighted by Crippen LogP contribution is 2.27. The molecule has 1 unspecified atom stereocenters. The Bertz CT molecular complexity index is 801. The number of esters is 1. The zero-order valence-corrected chi connectivity index (χ0v) is 16.8. The van der Waals surface area contributed by atoms with Crippen LogP contribution in [0.25, 0.3) is 0 Å². The van der Waals surface area contributed by atoms with Gasteiger partial charge in [-0.25, -0.2) is 0 Å². The largest absolute Gasteiger partial charge is 0.469 e. The van der Waals surface area contributed by atoms with Crippen molar-refractivity contribution in [1.29, 1.82) is 0 Å². The van der Waals surface area contributed by atoms with Gasteiger partial charge in [-0.2, -0.15) is 0 Å². The van der Waals surface area contributed by atoms with Gasteiger partial charge in [-0.05, 0) is 44.0 Å². The SMILES string of the molecule is COC(=O)[C@@H]1C=C[C@H](NC(=O)C2(C(=O)Nc3cc(Cl)cc(Cl)c3)CCCN2)C1. The summed E-state index contributed by atoms with van der Waals surface area (Å²) in [4.78, 5) is 37.6. The van der Waals surface area contributed by atoms with Crippen molar-refractivity contribution in [3.63, 3.8) is 0 Å². The van der Waals surface area contributed by atoms with E-state index in [4.69, 9.17) is 27.9 Å². The summed E-state index contributed by atoms with van der Waals surface area (Å²) in [6.07, 6.45) is 4.90. The number of benzene rings is 1. The van der Waals surface area contributed by atoms with Crippen LogP contribution in [0.2, 0.25) is 10.0 Å². The van der Waals surface area contributed by atoms with E-state index in [9.17, 15) is 14.4 Å².